The lowest BCUT2D eigenvalue weighted by Gasteiger charge is -2.10. The van der Waals surface area contributed by atoms with Crippen LogP contribution in [0.2, 0.25) is 0 Å². The third-order valence-corrected chi connectivity index (χ3v) is 3.53. The number of nitrogens with one attached hydrogen (secondary N) is 3. The molecule has 0 spiro atoms. The molecule has 3 rings (SSSR count). The first-order valence-electron chi connectivity index (χ1n) is 7.55. The number of hydrogen-bond acceptors (Lipinski definition) is 8. The molecule has 2 aromatic rings. The zero-order valence-electron chi connectivity index (χ0n) is 13.2. The van der Waals surface area contributed by atoms with E-state index < -0.39 is 0 Å². The van der Waals surface area contributed by atoms with Crippen LogP contribution in [0.25, 0.3) is 5.57 Å². The highest BCUT2D eigenvalue weighted by molar-refractivity contribution is 6.18. The maximum absolute atomic E-state index is 12.3. The highest BCUT2D eigenvalue weighted by Crippen LogP contribution is 2.20. The summed E-state index contributed by atoms with van der Waals surface area (Å²) in [4.78, 5) is 21.0. The Kier molecular flexibility index (Phi) is 4.50. The number of amides is 1. The van der Waals surface area contributed by atoms with Crippen molar-refractivity contribution in [1.82, 2.24) is 25.5 Å². The van der Waals surface area contributed by atoms with E-state index in [0.29, 0.717) is 24.0 Å². The van der Waals surface area contributed by atoms with E-state index in [-0.39, 0.29) is 17.3 Å². The second-order valence-corrected chi connectivity index (χ2v) is 5.23. The zero-order chi connectivity index (χ0) is 16.9. The zero-order valence-corrected chi connectivity index (χ0v) is 13.2. The molecule has 0 fully saturated rings. The molecule has 4 bridgehead atoms. The topological polar surface area (TPSA) is 131 Å². The molecule has 1 aliphatic rings. The Bertz CT molecular complexity index is 789. The number of hydrogen-bond donors (Lipinski definition) is 4. The summed E-state index contributed by atoms with van der Waals surface area (Å²) in [6, 6.07) is 3.62. The monoisotopic (exact) mass is 326 g/mol. The van der Waals surface area contributed by atoms with Crippen molar-refractivity contribution in [2.45, 2.75) is 12.8 Å². The molecule has 1 aliphatic heterocycles. The predicted molar refractivity (Wildman–Crippen MR) is 90.4 cm³/mol. The van der Waals surface area contributed by atoms with Crippen molar-refractivity contribution in [3.8, 4) is 0 Å². The van der Waals surface area contributed by atoms with Crippen molar-refractivity contribution in [2.24, 2.45) is 5.73 Å². The second kappa shape index (κ2) is 6.90. The van der Waals surface area contributed by atoms with E-state index in [1.165, 1.54) is 6.20 Å². The standard InChI is InChI=1S/C15H18N8O/c1-17-11-6-12-20-13-5-9(8-19-23-13)3-2-4-18-15(24)10(7-16)14(21-11)22-12/h5-8H,2-4,16H2,1H3,(H,18,24)(H2,17,20,21,22,23)/b10-7+. The van der Waals surface area contributed by atoms with Crippen LogP contribution < -0.4 is 21.7 Å². The van der Waals surface area contributed by atoms with Gasteiger partial charge in [-0.3, -0.25) is 4.79 Å². The van der Waals surface area contributed by atoms with Gasteiger partial charge >= 0.3 is 0 Å². The van der Waals surface area contributed by atoms with Crippen LogP contribution >= 0.6 is 0 Å². The maximum Gasteiger partial charge on any atom is 0.256 e. The fourth-order valence-electron chi connectivity index (χ4n) is 2.34. The summed E-state index contributed by atoms with van der Waals surface area (Å²) in [6.07, 6.45) is 4.47. The molecule has 9 nitrogen and oxygen atoms in total. The quantitative estimate of drug-likeness (QED) is 0.554. The van der Waals surface area contributed by atoms with Gasteiger partial charge in [0, 0.05) is 25.9 Å². The number of carbonyl (C=O) groups excluding carboxylic acids is 1. The Labute approximate surface area is 138 Å². The van der Waals surface area contributed by atoms with Crippen LogP contribution in [0.5, 0.6) is 0 Å². The number of nitrogens with zero attached hydrogens (tertiary/aromatic N) is 4. The average molecular weight is 326 g/mol. The van der Waals surface area contributed by atoms with Gasteiger partial charge in [0.1, 0.15) is 11.6 Å². The minimum Gasteiger partial charge on any atom is -0.404 e. The van der Waals surface area contributed by atoms with Gasteiger partial charge in [0.05, 0.1) is 11.8 Å². The Hall–Kier alpha value is -3.23. The third-order valence-electron chi connectivity index (χ3n) is 3.53. The van der Waals surface area contributed by atoms with Crippen molar-refractivity contribution in [1.29, 1.82) is 0 Å². The highest BCUT2D eigenvalue weighted by atomic mass is 16.1. The first-order valence-corrected chi connectivity index (χ1v) is 7.55. The molecular weight excluding hydrogens is 308 g/mol. The Balaban J connectivity index is 2.08. The molecule has 0 saturated carbocycles. The average Bonchev–Trinajstić information content (AvgIpc) is 2.59. The first-order chi connectivity index (χ1) is 11.7. The minimum atomic E-state index is -0.307. The Morgan fingerprint density at radius 3 is 2.96 bits per heavy atom. The molecule has 9 heteroatoms. The lowest BCUT2D eigenvalue weighted by molar-refractivity contribution is -0.115. The van der Waals surface area contributed by atoms with E-state index >= 15 is 0 Å². The van der Waals surface area contributed by atoms with Crippen molar-refractivity contribution in [2.75, 3.05) is 24.2 Å². The number of nitrogens with two attached hydrogens (primary N) is 1. The molecule has 5 N–H and O–H groups in total. The van der Waals surface area contributed by atoms with Gasteiger partial charge in [-0.1, -0.05) is 0 Å². The van der Waals surface area contributed by atoms with Gasteiger partial charge in [-0.25, -0.2) is 9.97 Å². The van der Waals surface area contributed by atoms with Gasteiger partial charge in [-0.2, -0.15) is 5.10 Å². The van der Waals surface area contributed by atoms with E-state index in [2.05, 4.69) is 36.1 Å². The van der Waals surface area contributed by atoms with Gasteiger partial charge < -0.3 is 21.7 Å². The number of carbonyl (C=O) groups is 1. The summed E-state index contributed by atoms with van der Waals surface area (Å²) in [6.45, 7) is 0.514. The molecule has 24 heavy (non-hydrogen) atoms. The number of anilines is 3. The summed E-state index contributed by atoms with van der Waals surface area (Å²) >= 11 is 0. The van der Waals surface area contributed by atoms with E-state index in [1.807, 2.05) is 6.07 Å². The lowest BCUT2D eigenvalue weighted by atomic mass is 10.1. The van der Waals surface area contributed by atoms with Crippen LogP contribution in [0.1, 0.15) is 17.8 Å². The van der Waals surface area contributed by atoms with Crippen LogP contribution in [0.4, 0.5) is 17.5 Å². The first kappa shape index (κ1) is 15.7. The Morgan fingerprint density at radius 2 is 2.17 bits per heavy atom. The highest BCUT2D eigenvalue weighted by Gasteiger charge is 2.17. The molecule has 0 aliphatic carbocycles. The van der Waals surface area contributed by atoms with Crippen molar-refractivity contribution >= 4 is 28.9 Å². The molecule has 3 heterocycles. The summed E-state index contributed by atoms with van der Waals surface area (Å²) in [7, 11) is 1.73. The third kappa shape index (κ3) is 3.40. The van der Waals surface area contributed by atoms with Gasteiger partial charge in [-0.15, -0.1) is 5.10 Å². The summed E-state index contributed by atoms with van der Waals surface area (Å²) in [5.74, 6) is 1.54. The van der Waals surface area contributed by atoms with Crippen LogP contribution in [0, 0.1) is 0 Å². The number of aromatic nitrogens is 4. The number of fused-ring (bicyclic) bond motifs is 4. The van der Waals surface area contributed by atoms with Crippen LogP contribution in [0.15, 0.2) is 24.5 Å². The normalized spacial score (nSPS) is 16.2. The van der Waals surface area contributed by atoms with Crippen molar-refractivity contribution in [3.63, 3.8) is 0 Å². The Morgan fingerprint density at radius 1 is 1.29 bits per heavy atom. The molecule has 124 valence electrons. The molecular formula is C15H18N8O. The van der Waals surface area contributed by atoms with E-state index in [1.54, 1.807) is 19.3 Å². The minimum absolute atomic E-state index is 0.215. The van der Waals surface area contributed by atoms with Gasteiger partial charge in [0.25, 0.3) is 5.91 Å². The summed E-state index contributed by atoms with van der Waals surface area (Å²) in [5, 5.41) is 16.9. The molecule has 0 unspecified atom stereocenters. The van der Waals surface area contributed by atoms with E-state index in [0.717, 1.165) is 18.4 Å². The van der Waals surface area contributed by atoms with E-state index in [4.69, 9.17) is 5.73 Å². The van der Waals surface area contributed by atoms with Crippen molar-refractivity contribution in [3.05, 3.63) is 35.9 Å². The predicted octanol–water partition coefficient (Wildman–Crippen LogP) is 0.414. The second-order valence-electron chi connectivity index (χ2n) is 5.23. The molecule has 0 atom stereocenters. The van der Waals surface area contributed by atoms with E-state index in [9.17, 15) is 4.79 Å². The van der Waals surface area contributed by atoms with Crippen molar-refractivity contribution < 1.29 is 4.79 Å². The molecule has 0 saturated heterocycles. The lowest BCUT2D eigenvalue weighted by Crippen LogP contribution is -2.27. The fraction of sp³-hybridized carbons (Fsp3) is 0.267. The molecule has 1 amide bonds. The van der Waals surface area contributed by atoms with Crippen LogP contribution in [0.3, 0.4) is 0 Å². The SMILES string of the molecule is CNc1cc2nc(n1)/C(=C\N)C(=O)NCCCc1cnnc(c1)N2. The smallest absolute Gasteiger partial charge is 0.256 e. The van der Waals surface area contributed by atoms with Gasteiger partial charge in [-0.05, 0) is 24.5 Å². The maximum atomic E-state index is 12.3. The fourth-order valence-corrected chi connectivity index (χ4v) is 2.34. The summed E-state index contributed by atoms with van der Waals surface area (Å²) < 4.78 is 0. The van der Waals surface area contributed by atoms with Gasteiger partial charge in [0.2, 0.25) is 0 Å². The van der Waals surface area contributed by atoms with Gasteiger partial charge in [0.15, 0.2) is 11.6 Å². The largest absolute Gasteiger partial charge is 0.404 e. The van der Waals surface area contributed by atoms with Crippen LogP contribution in [-0.2, 0) is 11.2 Å². The number of rotatable bonds is 1. The molecule has 0 radical (unpaired) electrons. The molecule has 2 aromatic heterocycles. The molecule has 0 aromatic carbocycles. The van der Waals surface area contributed by atoms with Crippen LogP contribution in [-0.4, -0.2) is 39.7 Å². The number of aryl methyl sites for hydroxylation is 1. The summed E-state index contributed by atoms with van der Waals surface area (Å²) in [5.41, 5.74) is 6.87.